The fourth-order valence-electron chi connectivity index (χ4n) is 4.79. The predicted octanol–water partition coefficient (Wildman–Crippen LogP) is 7.40. The highest BCUT2D eigenvalue weighted by Crippen LogP contribution is 2.53. The summed E-state index contributed by atoms with van der Waals surface area (Å²) in [4.78, 5) is 15.1. The molecule has 28 heavy (non-hydrogen) atoms. The number of halogens is 4. The Morgan fingerprint density at radius 3 is 2.54 bits per heavy atom. The van der Waals surface area contributed by atoms with Crippen LogP contribution in [0.25, 0.3) is 0 Å². The molecule has 2 fully saturated rings. The summed E-state index contributed by atoms with van der Waals surface area (Å²) in [6.45, 7) is 0.577. The summed E-state index contributed by atoms with van der Waals surface area (Å²) >= 11 is 26.1. The van der Waals surface area contributed by atoms with Crippen molar-refractivity contribution < 1.29 is 4.79 Å². The van der Waals surface area contributed by atoms with Gasteiger partial charge in [0, 0.05) is 22.5 Å². The summed E-state index contributed by atoms with van der Waals surface area (Å²) in [6.07, 6.45) is 4.98. The number of carbonyl (C=O) groups is 1. The second-order valence-corrected chi connectivity index (χ2v) is 9.73. The van der Waals surface area contributed by atoms with Crippen molar-refractivity contribution in [3.8, 4) is 0 Å². The number of alkyl halides is 1. The van der Waals surface area contributed by atoms with Gasteiger partial charge in [0.1, 0.15) is 0 Å². The number of likely N-dealkylation sites (tertiary alicyclic amines) is 1. The standard InChI is InChI=1S/C22H21Cl4NO/c23-14-8-9-16(19(25)13-14)21(28)27-12-11-22(26)10-4-3-6-17(22)20(27)15-5-1-2-7-18(15)24/h1-2,5,7-9,13,17,20H,3-4,6,10-12H2. The van der Waals surface area contributed by atoms with Crippen molar-refractivity contribution >= 4 is 52.3 Å². The van der Waals surface area contributed by atoms with Gasteiger partial charge in [-0.05, 0) is 49.1 Å². The van der Waals surface area contributed by atoms with Crippen molar-refractivity contribution in [2.75, 3.05) is 6.54 Å². The SMILES string of the molecule is O=C(c1ccc(Cl)cc1Cl)N1CCC2(Cl)CCCCC2C1c1ccccc1Cl. The van der Waals surface area contributed by atoms with E-state index in [1.54, 1.807) is 18.2 Å². The van der Waals surface area contributed by atoms with Gasteiger partial charge in [-0.25, -0.2) is 0 Å². The van der Waals surface area contributed by atoms with Gasteiger partial charge in [0.25, 0.3) is 5.91 Å². The Morgan fingerprint density at radius 1 is 1.00 bits per heavy atom. The fourth-order valence-corrected chi connectivity index (χ4v) is 5.97. The number of piperidine rings is 1. The molecule has 1 aliphatic carbocycles. The molecule has 148 valence electrons. The summed E-state index contributed by atoms with van der Waals surface area (Å²) in [5, 5.41) is 1.54. The monoisotopic (exact) mass is 455 g/mol. The first-order valence-electron chi connectivity index (χ1n) is 9.60. The second-order valence-electron chi connectivity index (χ2n) is 7.73. The van der Waals surface area contributed by atoms with Crippen molar-refractivity contribution in [1.29, 1.82) is 0 Å². The molecule has 1 amide bonds. The highest BCUT2D eigenvalue weighted by molar-refractivity contribution is 6.36. The fraction of sp³-hybridized carbons (Fsp3) is 0.409. The zero-order chi connectivity index (χ0) is 19.9. The molecule has 0 bridgehead atoms. The molecule has 1 heterocycles. The maximum Gasteiger partial charge on any atom is 0.255 e. The van der Waals surface area contributed by atoms with Crippen LogP contribution < -0.4 is 0 Å². The summed E-state index contributed by atoms with van der Waals surface area (Å²) < 4.78 is 0. The Hall–Kier alpha value is -0.930. The van der Waals surface area contributed by atoms with Gasteiger partial charge in [-0.2, -0.15) is 0 Å². The van der Waals surface area contributed by atoms with Crippen LogP contribution in [0.1, 0.15) is 54.1 Å². The van der Waals surface area contributed by atoms with E-state index in [0.717, 1.165) is 37.7 Å². The van der Waals surface area contributed by atoms with Crippen molar-refractivity contribution in [1.82, 2.24) is 4.90 Å². The van der Waals surface area contributed by atoms with E-state index in [4.69, 9.17) is 46.4 Å². The van der Waals surface area contributed by atoms with E-state index in [-0.39, 0.29) is 22.7 Å². The first kappa shape index (κ1) is 20.3. The van der Waals surface area contributed by atoms with Crippen molar-refractivity contribution in [2.45, 2.75) is 43.0 Å². The number of fused-ring (bicyclic) bond motifs is 1. The molecule has 2 aromatic rings. The topological polar surface area (TPSA) is 20.3 Å². The lowest BCUT2D eigenvalue weighted by Gasteiger charge is -2.52. The van der Waals surface area contributed by atoms with E-state index in [1.165, 1.54) is 0 Å². The maximum absolute atomic E-state index is 13.5. The van der Waals surface area contributed by atoms with E-state index in [9.17, 15) is 4.79 Å². The molecule has 1 saturated heterocycles. The van der Waals surface area contributed by atoms with Gasteiger partial charge in [-0.1, -0.05) is 65.8 Å². The van der Waals surface area contributed by atoms with Gasteiger partial charge >= 0.3 is 0 Å². The molecule has 0 spiro atoms. The van der Waals surface area contributed by atoms with Gasteiger partial charge in [0.05, 0.1) is 21.5 Å². The Labute approximate surface area is 185 Å². The molecule has 1 saturated carbocycles. The summed E-state index contributed by atoms with van der Waals surface area (Å²) in [5.41, 5.74) is 1.42. The molecule has 0 radical (unpaired) electrons. The molecule has 2 nitrogen and oxygen atoms in total. The van der Waals surface area contributed by atoms with Crippen molar-refractivity contribution in [2.24, 2.45) is 5.92 Å². The molecule has 6 heteroatoms. The molecular formula is C22H21Cl4NO. The first-order valence-corrected chi connectivity index (χ1v) is 11.1. The minimum Gasteiger partial charge on any atom is -0.331 e. The number of carbonyl (C=O) groups excluding carboxylic acids is 1. The molecule has 3 unspecified atom stereocenters. The number of amides is 1. The second kappa shape index (κ2) is 8.07. The Bertz CT molecular complexity index is 902. The molecule has 2 aliphatic rings. The van der Waals surface area contributed by atoms with Crippen molar-refractivity contribution in [3.63, 3.8) is 0 Å². The van der Waals surface area contributed by atoms with Crippen LogP contribution in [0, 0.1) is 5.92 Å². The van der Waals surface area contributed by atoms with Gasteiger partial charge in [0.15, 0.2) is 0 Å². The summed E-state index contributed by atoms with van der Waals surface area (Å²) in [5.74, 6) is 0.0578. The molecule has 1 aliphatic heterocycles. The van der Waals surface area contributed by atoms with E-state index < -0.39 is 0 Å². The van der Waals surface area contributed by atoms with Gasteiger partial charge in [0.2, 0.25) is 0 Å². The Morgan fingerprint density at radius 2 is 1.79 bits per heavy atom. The van der Waals surface area contributed by atoms with Gasteiger partial charge < -0.3 is 4.90 Å². The number of hydrogen-bond donors (Lipinski definition) is 0. The summed E-state index contributed by atoms with van der Waals surface area (Å²) in [7, 11) is 0. The maximum atomic E-state index is 13.5. The molecule has 0 N–H and O–H groups in total. The predicted molar refractivity (Wildman–Crippen MR) is 117 cm³/mol. The lowest BCUT2D eigenvalue weighted by molar-refractivity contribution is 0.0280. The highest BCUT2D eigenvalue weighted by Gasteiger charge is 2.50. The zero-order valence-corrected chi connectivity index (χ0v) is 18.3. The van der Waals surface area contributed by atoms with Crippen LogP contribution in [0.3, 0.4) is 0 Å². The van der Waals surface area contributed by atoms with Crippen LogP contribution in [-0.2, 0) is 0 Å². The third-order valence-corrected chi connectivity index (χ3v) is 7.70. The lowest BCUT2D eigenvalue weighted by atomic mass is 9.68. The van der Waals surface area contributed by atoms with Crippen LogP contribution in [0.5, 0.6) is 0 Å². The molecular weight excluding hydrogens is 436 g/mol. The first-order chi connectivity index (χ1) is 13.4. The van der Waals surface area contributed by atoms with Gasteiger partial charge in [-0.3, -0.25) is 4.79 Å². The quantitative estimate of drug-likeness (QED) is 0.431. The zero-order valence-electron chi connectivity index (χ0n) is 15.3. The van der Waals surface area contributed by atoms with E-state index in [1.807, 2.05) is 29.2 Å². The van der Waals surface area contributed by atoms with Crippen molar-refractivity contribution in [3.05, 3.63) is 68.7 Å². The Balaban J connectivity index is 1.78. The highest BCUT2D eigenvalue weighted by atomic mass is 35.5. The number of benzene rings is 2. The molecule has 3 atom stereocenters. The molecule has 0 aromatic heterocycles. The lowest BCUT2D eigenvalue weighted by Crippen LogP contribution is -2.53. The van der Waals surface area contributed by atoms with E-state index in [0.29, 0.717) is 27.2 Å². The van der Waals surface area contributed by atoms with Crippen LogP contribution in [0.2, 0.25) is 15.1 Å². The third kappa shape index (κ3) is 3.65. The minimum absolute atomic E-state index is 0.101. The average Bonchev–Trinajstić information content (AvgIpc) is 2.67. The van der Waals surface area contributed by atoms with E-state index in [2.05, 4.69) is 0 Å². The van der Waals surface area contributed by atoms with Gasteiger partial charge in [-0.15, -0.1) is 11.6 Å². The third-order valence-electron chi connectivity index (χ3n) is 6.15. The largest absolute Gasteiger partial charge is 0.331 e. The number of hydrogen-bond acceptors (Lipinski definition) is 1. The number of nitrogens with zero attached hydrogens (tertiary/aromatic N) is 1. The van der Waals surface area contributed by atoms with Crippen LogP contribution >= 0.6 is 46.4 Å². The Kier molecular flexibility index (Phi) is 5.86. The number of rotatable bonds is 2. The van der Waals surface area contributed by atoms with Crippen LogP contribution in [0.4, 0.5) is 0 Å². The van der Waals surface area contributed by atoms with E-state index >= 15 is 0 Å². The van der Waals surface area contributed by atoms with Crippen LogP contribution in [-0.4, -0.2) is 22.2 Å². The average molecular weight is 457 g/mol. The minimum atomic E-state index is -0.289. The molecule has 2 aromatic carbocycles. The van der Waals surface area contributed by atoms with Crippen LogP contribution in [0.15, 0.2) is 42.5 Å². The normalized spacial score (nSPS) is 27.4. The summed E-state index contributed by atoms with van der Waals surface area (Å²) in [6, 6.07) is 12.6. The smallest absolute Gasteiger partial charge is 0.255 e. The molecule has 4 rings (SSSR count).